The van der Waals surface area contributed by atoms with E-state index in [2.05, 4.69) is 30.7 Å². The van der Waals surface area contributed by atoms with Gasteiger partial charge in [-0.15, -0.1) is 34.2 Å². The molecule has 2 N–H and O–H groups in total. The summed E-state index contributed by atoms with van der Waals surface area (Å²) in [7, 11) is 3.98. The van der Waals surface area contributed by atoms with Crippen LogP contribution in [-0.2, 0) is 13.6 Å². The van der Waals surface area contributed by atoms with Crippen molar-refractivity contribution in [2.75, 3.05) is 20.1 Å². The van der Waals surface area contributed by atoms with Gasteiger partial charge in [0.05, 0.1) is 11.1 Å². The number of aliphatic imine (C=N–C) groups is 1. The molecule has 160 valence electrons. The molecule has 10 heteroatoms. The van der Waals surface area contributed by atoms with E-state index in [0.29, 0.717) is 12.5 Å². The second-order valence-electron chi connectivity index (χ2n) is 7.06. The maximum atomic E-state index is 14.0. The van der Waals surface area contributed by atoms with Crippen molar-refractivity contribution in [1.82, 2.24) is 30.3 Å². The van der Waals surface area contributed by atoms with Gasteiger partial charge in [-0.2, -0.15) is 0 Å². The van der Waals surface area contributed by atoms with Crippen LogP contribution in [0.3, 0.4) is 0 Å². The smallest absolute Gasteiger partial charge is 0.191 e. The van der Waals surface area contributed by atoms with E-state index in [1.807, 2.05) is 38.6 Å². The zero-order valence-electron chi connectivity index (χ0n) is 17.1. The van der Waals surface area contributed by atoms with Crippen LogP contribution in [0.25, 0.3) is 0 Å². The van der Waals surface area contributed by atoms with E-state index in [4.69, 9.17) is 11.6 Å². The van der Waals surface area contributed by atoms with Crippen molar-refractivity contribution in [1.29, 1.82) is 0 Å². The molecule has 0 spiro atoms. The van der Waals surface area contributed by atoms with Crippen molar-refractivity contribution in [2.45, 2.75) is 38.9 Å². The molecule has 1 aliphatic heterocycles. The molecule has 1 aromatic heterocycles. The Bertz CT molecular complexity index is 857. The Kier molecular flexibility index (Phi) is 8.65. The highest BCUT2D eigenvalue weighted by atomic mass is 127. The zero-order valence-corrected chi connectivity index (χ0v) is 20.2. The molecule has 2 unspecified atom stereocenters. The number of aromatic nitrogens is 3. The van der Waals surface area contributed by atoms with E-state index in [-0.39, 0.29) is 41.1 Å². The quantitative estimate of drug-likeness (QED) is 0.350. The van der Waals surface area contributed by atoms with Crippen LogP contribution in [0.2, 0.25) is 5.02 Å². The van der Waals surface area contributed by atoms with E-state index in [1.54, 1.807) is 6.07 Å². The Morgan fingerprint density at radius 2 is 2.10 bits per heavy atom. The molecular formula is C19H28ClFIN7. The second-order valence-corrected chi connectivity index (χ2v) is 7.46. The lowest BCUT2D eigenvalue weighted by Crippen LogP contribution is -2.45. The van der Waals surface area contributed by atoms with Gasteiger partial charge in [0.25, 0.3) is 0 Å². The maximum absolute atomic E-state index is 14.0. The van der Waals surface area contributed by atoms with Crippen molar-refractivity contribution < 1.29 is 4.39 Å². The summed E-state index contributed by atoms with van der Waals surface area (Å²) in [5, 5.41) is 15.2. The third kappa shape index (κ3) is 5.58. The van der Waals surface area contributed by atoms with Crippen LogP contribution in [0.4, 0.5) is 4.39 Å². The molecule has 0 bridgehead atoms. The SMILES string of the molecule is CCNC(=NCc1nnc(C)n1C)NC1CCN(C)C1c1ccc(Cl)c(F)c1.I. The number of aryl methyl sites for hydroxylation is 1. The first-order valence-electron chi connectivity index (χ1n) is 9.45. The van der Waals surface area contributed by atoms with E-state index < -0.39 is 5.82 Å². The van der Waals surface area contributed by atoms with Crippen LogP contribution >= 0.6 is 35.6 Å². The number of guanidine groups is 1. The van der Waals surface area contributed by atoms with Crippen molar-refractivity contribution in [2.24, 2.45) is 12.0 Å². The molecule has 0 radical (unpaired) electrons. The number of halogens is 3. The van der Waals surface area contributed by atoms with Gasteiger partial charge in [-0.05, 0) is 45.0 Å². The number of nitrogens with zero attached hydrogens (tertiary/aromatic N) is 5. The molecule has 0 amide bonds. The van der Waals surface area contributed by atoms with Gasteiger partial charge in [-0.3, -0.25) is 4.90 Å². The summed E-state index contributed by atoms with van der Waals surface area (Å²) in [5.41, 5.74) is 0.902. The molecule has 3 rings (SSSR count). The fourth-order valence-electron chi connectivity index (χ4n) is 3.52. The van der Waals surface area contributed by atoms with Crippen molar-refractivity contribution in [3.05, 3.63) is 46.3 Å². The average Bonchev–Trinajstić information content (AvgIpc) is 3.18. The molecule has 29 heavy (non-hydrogen) atoms. The lowest BCUT2D eigenvalue weighted by Gasteiger charge is -2.27. The number of likely N-dealkylation sites (tertiary alicyclic amines) is 1. The molecule has 0 saturated carbocycles. The van der Waals surface area contributed by atoms with Gasteiger partial charge in [0.1, 0.15) is 18.2 Å². The highest BCUT2D eigenvalue weighted by molar-refractivity contribution is 14.0. The van der Waals surface area contributed by atoms with Gasteiger partial charge in [0.15, 0.2) is 11.8 Å². The van der Waals surface area contributed by atoms with Gasteiger partial charge >= 0.3 is 0 Å². The Hall–Kier alpha value is -1.46. The normalized spacial score (nSPS) is 19.9. The lowest BCUT2D eigenvalue weighted by molar-refractivity contribution is 0.296. The predicted molar refractivity (Wildman–Crippen MR) is 124 cm³/mol. The fourth-order valence-corrected chi connectivity index (χ4v) is 3.63. The third-order valence-corrected chi connectivity index (χ3v) is 5.47. The molecule has 0 aliphatic carbocycles. The summed E-state index contributed by atoms with van der Waals surface area (Å²) >= 11 is 5.85. The van der Waals surface area contributed by atoms with Crippen molar-refractivity contribution in [3.63, 3.8) is 0 Å². The van der Waals surface area contributed by atoms with Crippen LogP contribution in [0, 0.1) is 12.7 Å². The molecule has 2 aromatic rings. The van der Waals surface area contributed by atoms with Gasteiger partial charge in [-0.1, -0.05) is 17.7 Å². The standard InChI is InChI=1S/C19H27ClFN7.HI/c1-5-22-19(23-11-17-26-25-12(2)28(17)4)24-16-8-9-27(3)18(16)13-6-7-14(20)15(21)10-13;/h6-7,10,16,18H,5,8-9,11H2,1-4H3,(H2,22,23,24);1H. The highest BCUT2D eigenvalue weighted by Gasteiger charge is 2.34. The van der Waals surface area contributed by atoms with E-state index in [1.165, 1.54) is 6.07 Å². The first-order chi connectivity index (χ1) is 13.4. The Morgan fingerprint density at radius 3 is 2.72 bits per heavy atom. The third-order valence-electron chi connectivity index (χ3n) is 5.16. The molecule has 1 fully saturated rings. The van der Waals surface area contributed by atoms with Crippen LogP contribution in [0.5, 0.6) is 0 Å². The average molecular weight is 536 g/mol. The highest BCUT2D eigenvalue weighted by Crippen LogP contribution is 2.32. The Morgan fingerprint density at radius 1 is 1.34 bits per heavy atom. The number of rotatable bonds is 5. The number of likely N-dealkylation sites (N-methyl/N-ethyl adjacent to an activating group) is 1. The molecule has 1 aromatic carbocycles. The van der Waals surface area contributed by atoms with Crippen LogP contribution in [0.1, 0.15) is 36.6 Å². The second kappa shape index (κ2) is 10.5. The minimum absolute atomic E-state index is 0. The van der Waals surface area contributed by atoms with Gasteiger partial charge in [-0.25, -0.2) is 9.38 Å². The summed E-state index contributed by atoms with van der Waals surface area (Å²) in [6.07, 6.45) is 0.929. The van der Waals surface area contributed by atoms with E-state index >= 15 is 0 Å². The summed E-state index contributed by atoms with van der Waals surface area (Å²) in [5.74, 6) is 1.97. The van der Waals surface area contributed by atoms with Crippen LogP contribution in [-0.4, -0.2) is 51.8 Å². The minimum atomic E-state index is -0.392. The Labute approximate surface area is 193 Å². The van der Waals surface area contributed by atoms with Gasteiger partial charge in [0, 0.05) is 26.2 Å². The minimum Gasteiger partial charge on any atom is -0.357 e. The zero-order chi connectivity index (χ0) is 20.3. The number of nitrogens with one attached hydrogen (secondary N) is 2. The monoisotopic (exact) mass is 535 g/mol. The molecule has 7 nitrogen and oxygen atoms in total. The van der Waals surface area contributed by atoms with Crippen LogP contribution in [0.15, 0.2) is 23.2 Å². The molecule has 1 saturated heterocycles. The number of hydrogen-bond acceptors (Lipinski definition) is 4. The first kappa shape index (κ1) is 23.8. The molecule has 1 aliphatic rings. The largest absolute Gasteiger partial charge is 0.357 e. The maximum Gasteiger partial charge on any atom is 0.191 e. The fraction of sp³-hybridized carbons (Fsp3) is 0.526. The van der Waals surface area contributed by atoms with E-state index in [0.717, 1.165) is 36.7 Å². The molecule has 2 heterocycles. The van der Waals surface area contributed by atoms with E-state index in [9.17, 15) is 4.39 Å². The lowest BCUT2D eigenvalue weighted by atomic mass is 10.00. The topological polar surface area (TPSA) is 70.4 Å². The Balaban J connectivity index is 0.00000300. The molecule has 2 atom stereocenters. The van der Waals surface area contributed by atoms with Crippen molar-refractivity contribution in [3.8, 4) is 0 Å². The summed E-state index contributed by atoms with van der Waals surface area (Å²) in [6, 6.07) is 5.16. The van der Waals surface area contributed by atoms with Gasteiger partial charge < -0.3 is 15.2 Å². The predicted octanol–water partition coefficient (Wildman–Crippen LogP) is 3.03. The summed E-state index contributed by atoms with van der Waals surface area (Å²) < 4.78 is 15.9. The number of hydrogen-bond donors (Lipinski definition) is 2. The first-order valence-corrected chi connectivity index (χ1v) is 9.83. The van der Waals surface area contributed by atoms with Crippen LogP contribution < -0.4 is 10.6 Å². The molecular weight excluding hydrogens is 508 g/mol. The summed E-state index contributed by atoms with van der Waals surface area (Å²) in [6.45, 7) is 6.01. The number of benzene rings is 1. The van der Waals surface area contributed by atoms with Gasteiger partial charge in [0.2, 0.25) is 0 Å². The summed E-state index contributed by atoms with van der Waals surface area (Å²) in [4.78, 5) is 6.88. The van der Waals surface area contributed by atoms with Crippen molar-refractivity contribution >= 4 is 41.5 Å².